The quantitative estimate of drug-likeness (QED) is 0.531. The molecule has 0 radical (unpaired) electrons. The number of nitrogens with one attached hydrogen (secondary N) is 1. The first-order valence-corrected chi connectivity index (χ1v) is 10.5. The van der Waals surface area contributed by atoms with Crippen molar-refractivity contribution in [3.8, 4) is 0 Å². The van der Waals surface area contributed by atoms with Gasteiger partial charge in [-0.15, -0.1) is 0 Å². The minimum atomic E-state index is -1.20. The number of anilines is 3. The molecule has 3 aromatic carbocycles. The van der Waals surface area contributed by atoms with E-state index >= 15 is 0 Å². The lowest BCUT2D eigenvalue weighted by Gasteiger charge is -2.50. The lowest BCUT2D eigenvalue weighted by atomic mass is 9.76. The Kier molecular flexibility index (Phi) is 5.65. The number of amides is 2. The summed E-state index contributed by atoms with van der Waals surface area (Å²) in [5.74, 6) is -0.466. The SMILES string of the molecule is CN(C)c1ccc(C2(C(=O)Nc3cccc(Cl)c3)CC(=O)N2c2cccc(Cl)c2)cc1. The van der Waals surface area contributed by atoms with E-state index in [2.05, 4.69) is 5.32 Å². The number of hydrogen-bond acceptors (Lipinski definition) is 3. The molecule has 31 heavy (non-hydrogen) atoms. The van der Waals surface area contributed by atoms with E-state index in [0.717, 1.165) is 11.3 Å². The summed E-state index contributed by atoms with van der Waals surface area (Å²) in [5, 5.41) is 3.94. The Bertz CT molecular complexity index is 1150. The van der Waals surface area contributed by atoms with E-state index in [1.54, 1.807) is 48.5 Å². The van der Waals surface area contributed by atoms with Gasteiger partial charge in [-0.25, -0.2) is 0 Å². The zero-order valence-electron chi connectivity index (χ0n) is 17.1. The number of carbonyl (C=O) groups is 2. The molecule has 1 unspecified atom stereocenters. The Balaban J connectivity index is 1.80. The number of rotatable bonds is 5. The van der Waals surface area contributed by atoms with Crippen molar-refractivity contribution >= 4 is 52.1 Å². The molecule has 7 heteroatoms. The smallest absolute Gasteiger partial charge is 0.255 e. The van der Waals surface area contributed by atoms with Crippen molar-refractivity contribution in [2.75, 3.05) is 29.2 Å². The van der Waals surface area contributed by atoms with Crippen LogP contribution in [0, 0.1) is 0 Å². The molecule has 1 N–H and O–H groups in total. The first-order valence-electron chi connectivity index (χ1n) is 9.75. The van der Waals surface area contributed by atoms with Gasteiger partial charge in [-0.2, -0.15) is 0 Å². The summed E-state index contributed by atoms with van der Waals surface area (Å²) in [7, 11) is 3.89. The van der Waals surface area contributed by atoms with E-state index in [4.69, 9.17) is 23.2 Å². The number of nitrogens with zero attached hydrogens (tertiary/aromatic N) is 2. The largest absolute Gasteiger partial charge is 0.378 e. The Morgan fingerprint density at radius 1 is 0.968 bits per heavy atom. The summed E-state index contributed by atoms with van der Waals surface area (Å²) in [4.78, 5) is 30.0. The van der Waals surface area contributed by atoms with E-state index < -0.39 is 5.54 Å². The van der Waals surface area contributed by atoms with Gasteiger partial charge in [0.2, 0.25) is 5.91 Å². The highest BCUT2D eigenvalue weighted by Gasteiger charge is 2.58. The molecule has 0 aromatic heterocycles. The van der Waals surface area contributed by atoms with Crippen LogP contribution in [0.4, 0.5) is 17.1 Å². The number of benzene rings is 3. The average molecular weight is 454 g/mol. The van der Waals surface area contributed by atoms with Gasteiger partial charge in [-0.3, -0.25) is 14.5 Å². The van der Waals surface area contributed by atoms with Gasteiger partial charge < -0.3 is 10.2 Å². The molecule has 3 aromatic rings. The van der Waals surface area contributed by atoms with Gasteiger partial charge in [0, 0.05) is 41.2 Å². The third-order valence-electron chi connectivity index (χ3n) is 5.42. The Labute approximate surface area is 191 Å². The van der Waals surface area contributed by atoms with E-state index in [9.17, 15) is 9.59 Å². The molecule has 4 rings (SSSR count). The van der Waals surface area contributed by atoms with Crippen LogP contribution in [0.25, 0.3) is 0 Å². The molecule has 1 atom stereocenters. The molecular weight excluding hydrogens is 433 g/mol. The first-order chi connectivity index (χ1) is 14.8. The van der Waals surface area contributed by atoms with Crippen LogP contribution in [0.5, 0.6) is 0 Å². The van der Waals surface area contributed by atoms with Crippen molar-refractivity contribution in [3.63, 3.8) is 0 Å². The average Bonchev–Trinajstić information content (AvgIpc) is 2.71. The standard InChI is InChI=1S/C24H21Cl2N3O2/c1-28(2)20-11-9-16(10-12-20)24(23(31)27-19-7-3-5-17(25)13-19)15-22(30)29(24)21-8-4-6-18(26)14-21/h3-14H,15H2,1-2H3,(H,27,31). The third-order valence-corrected chi connectivity index (χ3v) is 5.89. The lowest BCUT2D eigenvalue weighted by molar-refractivity contribution is -0.137. The van der Waals surface area contributed by atoms with E-state index in [1.165, 1.54) is 4.90 Å². The second kappa shape index (κ2) is 8.25. The fraction of sp³-hybridized carbons (Fsp3) is 0.167. The second-order valence-electron chi connectivity index (χ2n) is 7.65. The van der Waals surface area contributed by atoms with Gasteiger partial charge in [0.15, 0.2) is 5.54 Å². The van der Waals surface area contributed by atoms with Gasteiger partial charge in [0.05, 0.1) is 6.42 Å². The van der Waals surface area contributed by atoms with E-state index in [1.807, 2.05) is 43.3 Å². The minimum absolute atomic E-state index is 0.0488. The third kappa shape index (κ3) is 3.87. The maximum atomic E-state index is 13.7. The number of β-lactam (4-membered cyclic amide) rings is 1. The molecule has 158 valence electrons. The number of halogens is 2. The number of carbonyl (C=O) groups excluding carboxylic acids is 2. The molecular formula is C24H21Cl2N3O2. The topological polar surface area (TPSA) is 52.7 Å². The molecule has 0 spiro atoms. The van der Waals surface area contributed by atoms with Gasteiger partial charge >= 0.3 is 0 Å². The predicted octanol–water partition coefficient (Wildman–Crippen LogP) is 5.33. The van der Waals surface area contributed by atoms with Crippen LogP contribution in [0.2, 0.25) is 10.0 Å². The van der Waals surface area contributed by atoms with Crippen molar-refractivity contribution in [3.05, 3.63) is 88.4 Å². The summed E-state index contributed by atoms with van der Waals surface area (Å²) < 4.78 is 0. The van der Waals surface area contributed by atoms with Crippen molar-refractivity contribution in [2.45, 2.75) is 12.0 Å². The monoisotopic (exact) mass is 453 g/mol. The molecule has 1 aliphatic rings. The van der Waals surface area contributed by atoms with Crippen LogP contribution in [0.1, 0.15) is 12.0 Å². The molecule has 0 aliphatic carbocycles. The Hall–Kier alpha value is -3.02. The summed E-state index contributed by atoms with van der Waals surface area (Å²) in [5.41, 5.74) is 1.65. The molecule has 1 saturated heterocycles. The van der Waals surface area contributed by atoms with Crippen molar-refractivity contribution in [1.29, 1.82) is 0 Å². The van der Waals surface area contributed by atoms with Gasteiger partial charge in [0.25, 0.3) is 5.91 Å². The molecule has 5 nitrogen and oxygen atoms in total. The summed E-state index contributed by atoms with van der Waals surface area (Å²) >= 11 is 12.3. The number of hydrogen-bond donors (Lipinski definition) is 1. The minimum Gasteiger partial charge on any atom is -0.378 e. The maximum Gasteiger partial charge on any atom is 0.255 e. The summed E-state index contributed by atoms with van der Waals surface area (Å²) in [6, 6.07) is 21.5. The highest BCUT2D eigenvalue weighted by molar-refractivity contribution is 6.31. The molecule has 1 fully saturated rings. The van der Waals surface area contributed by atoms with Crippen LogP contribution in [-0.4, -0.2) is 25.9 Å². The highest BCUT2D eigenvalue weighted by atomic mass is 35.5. The fourth-order valence-electron chi connectivity index (χ4n) is 3.86. The fourth-order valence-corrected chi connectivity index (χ4v) is 4.23. The second-order valence-corrected chi connectivity index (χ2v) is 8.52. The Morgan fingerprint density at radius 3 is 2.19 bits per heavy atom. The normalized spacial score (nSPS) is 17.8. The molecule has 1 heterocycles. The van der Waals surface area contributed by atoms with Gasteiger partial charge in [0.1, 0.15) is 0 Å². The van der Waals surface area contributed by atoms with Crippen LogP contribution < -0.4 is 15.1 Å². The Morgan fingerprint density at radius 2 is 1.61 bits per heavy atom. The van der Waals surface area contributed by atoms with Gasteiger partial charge in [-0.05, 0) is 54.1 Å². The van der Waals surface area contributed by atoms with Crippen LogP contribution in [-0.2, 0) is 15.1 Å². The zero-order valence-corrected chi connectivity index (χ0v) is 18.6. The van der Waals surface area contributed by atoms with Crippen LogP contribution >= 0.6 is 23.2 Å². The first kappa shape index (κ1) is 21.2. The lowest BCUT2D eigenvalue weighted by Crippen LogP contribution is -2.67. The van der Waals surface area contributed by atoms with E-state index in [-0.39, 0.29) is 18.2 Å². The van der Waals surface area contributed by atoms with Crippen molar-refractivity contribution in [2.24, 2.45) is 0 Å². The highest BCUT2D eigenvalue weighted by Crippen LogP contribution is 2.46. The van der Waals surface area contributed by atoms with Crippen LogP contribution in [0.15, 0.2) is 72.8 Å². The van der Waals surface area contributed by atoms with Crippen molar-refractivity contribution < 1.29 is 9.59 Å². The maximum absolute atomic E-state index is 13.7. The molecule has 0 saturated carbocycles. The summed E-state index contributed by atoms with van der Waals surface area (Å²) in [6.07, 6.45) is 0.0488. The van der Waals surface area contributed by atoms with E-state index in [0.29, 0.717) is 21.4 Å². The molecule has 2 amide bonds. The molecule has 0 bridgehead atoms. The summed E-state index contributed by atoms with van der Waals surface area (Å²) in [6.45, 7) is 0. The predicted molar refractivity (Wildman–Crippen MR) is 126 cm³/mol. The van der Waals surface area contributed by atoms with Gasteiger partial charge in [-0.1, -0.05) is 47.5 Å². The van der Waals surface area contributed by atoms with Crippen molar-refractivity contribution in [1.82, 2.24) is 0 Å². The van der Waals surface area contributed by atoms with Crippen LogP contribution in [0.3, 0.4) is 0 Å². The zero-order chi connectivity index (χ0) is 22.2. The molecule has 1 aliphatic heterocycles.